The molecule has 0 saturated carbocycles. The average Bonchev–Trinajstić information content (AvgIpc) is 2.35. The number of nitrogens with one attached hydrogen (secondary N) is 2. The van der Waals surface area contributed by atoms with Crippen LogP contribution < -0.4 is 10.6 Å². The summed E-state index contributed by atoms with van der Waals surface area (Å²) in [6.45, 7) is 6.20. The van der Waals surface area contributed by atoms with Gasteiger partial charge in [0.15, 0.2) is 0 Å². The molecule has 2 N–H and O–H groups in total. The summed E-state index contributed by atoms with van der Waals surface area (Å²) in [4.78, 5) is 12.2. The quantitative estimate of drug-likeness (QED) is 0.757. The molecule has 3 nitrogen and oxygen atoms in total. The van der Waals surface area contributed by atoms with Crippen LogP contribution >= 0.6 is 35.0 Å². The Bertz CT molecular complexity index is 453. The molecule has 2 rings (SSSR count). The van der Waals surface area contributed by atoms with Crippen molar-refractivity contribution in [2.75, 3.05) is 13.1 Å². The first-order valence-corrected chi connectivity index (χ1v) is 7.43. The van der Waals surface area contributed by atoms with Crippen molar-refractivity contribution in [3.63, 3.8) is 0 Å². The predicted molar refractivity (Wildman–Crippen MR) is 89.0 cm³/mol. The van der Waals surface area contributed by atoms with Crippen molar-refractivity contribution in [2.45, 2.75) is 26.3 Å². The fraction of sp³-hybridized carbons (Fsp3) is 0.500. The topological polar surface area (TPSA) is 41.1 Å². The SMILES string of the molecule is Cc1ccc(C(=O)NC2CCNCC2C)cc1I.Cl. The van der Waals surface area contributed by atoms with Crippen LogP contribution in [-0.2, 0) is 0 Å². The maximum Gasteiger partial charge on any atom is 0.251 e. The van der Waals surface area contributed by atoms with Crippen molar-refractivity contribution in [3.8, 4) is 0 Å². The molecule has 1 aromatic rings. The smallest absolute Gasteiger partial charge is 0.251 e. The Labute approximate surface area is 134 Å². The number of carbonyl (C=O) groups excluding carboxylic acids is 1. The van der Waals surface area contributed by atoms with Crippen LogP contribution in [0.3, 0.4) is 0 Å². The van der Waals surface area contributed by atoms with E-state index in [1.54, 1.807) is 0 Å². The van der Waals surface area contributed by atoms with Gasteiger partial charge >= 0.3 is 0 Å². The number of hydrogen-bond donors (Lipinski definition) is 2. The van der Waals surface area contributed by atoms with Crippen LogP contribution in [0.25, 0.3) is 0 Å². The Kier molecular flexibility index (Phi) is 6.56. The Morgan fingerprint density at radius 3 is 2.84 bits per heavy atom. The minimum absolute atomic E-state index is 0. The first-order valence-electron chi connectivity index (χ1n) is 6.35. The Morgan fingerprint density at radius 1 is 1.47 bits per heavy atom. The average molecular weight is 395 g/mol. The maximum absolute atomic E-state index is 12.2. The number of carbonyl (C=O) groups is 1. The van der Waals surface area contributed by atoms with Crippen molar-refractivity contribution >= 4 is 40.9 Å². The van der Waals surface area contributed by atoms with Crippen molar-refractivity contribution in [1.29, 1.82) is 0 Å². The Balaban J connectivity index is 0.00000180. The summed E-state index contributed by atoms with van der Waals surface area (Å²) in [7, 11) is 0. The maximum atomic E-state index is 12.2. The molecule has 0 spiro atoms. The molecule has 2 atom stereocenters. The van der Waals surface area contributed by atoms with E-state index in [4.69, 9.17) is 0 Å². The molecule has 1 aromatic carbocycles. The predicted octanol–water partition coefficient (Wildman–Crippen LogP) is 2.75. The van der Waals surface area contributed by atoms with Crippen molar-refractivity contribution in [1.82, 2.24) is 10.6 Å². The molecular weight excluding hydrogens is 375 g/mol. The number of hydrogen-bond acceptors (Lipinski definition) is 2. The largest absolute Gasteiger partial charge is 0.349 e. The van der Waals surface area contributed by atoms with E-state index in [2.05, 4.69) is 47.1 Å². The molecular formula is C14H20ClIN2O. The van der Waals surface area contributed by atoms with Gasteiger partial charge in [-0.05, 0) is 72.6 Å². The van der Waals surface area contributed by atoms with E-state index in [9.17, 15) is 4.79 Å². The zero-order valence-corrected chi connectivity index (χ0v) is 14.2. The van der Waals surface area contributed by atoms with E-state index < -0.39 is 0 Å². The van der Waals surface area contributed by atoms with Gasteiger partial charge in [-0.25, -0.2) is 0 Å². The normalized spacial score (nSPS) is 22.5. The first-order chi connectivity index (χ1) is 8.58. The third-order valence-corrected chi connectivity index (χ3v) is 4.70. The lowest BCUT2D eigenvalue weighted by molar-refractivity contribution is 0.0914. The summed E-state index contributed by atoms with van der Waals surface area (Å²) >= 11 is 2.27. The second-order valence-electron chi connectivity index (χ2n) is 5.01. The fourth-order valence-electron chi connectivity index (χ4n) is 2.21. The molecule has 0 radical (unpaired) electrons. The highest BCUT2D eigenvalue weighted by molar-refractivity contribution is 14.1. The Hall–Kier alpha value is -0.330. The van der Waals surface area contributed by atoms with Gasteiger partial charge in [0.1, 0.15) is 0 Å². The van der Waals surface area contributed by atoms with E-state index in [1.165, 1.54) is 5.56 Å². The number of aryl methyl sites for hydroxylation is 1. The summed E-state index contributed by atoms with van der Waals surface area (Å²) in [6.07, 6.45) is 1.01. The zero-order chi connectivity index (χ0) is 13.1. The van der Waals surface area contributed by atoms with Gasteiger partial charge in [-0.1, -0.05) is 13.0 Å². The molecule has 5 heteroatoms. The summed E-state index contributed by atoms with van der Waals surface area (Å²) in [5.74, 6) is 0.541. The van der Waals surface area contributed by atoms with Gasteiger partial charge < -0.3 is 10.6 Å². The van der Waals surface area contributed by atoms with E-state index >= 15 is 0 Å². The standard InChI is InChI=1S/C14H19IN2O.ClH/c1-9-3-4-11(7-12(9)15)14(18)17-13-5-6-16-8-10(13)2;/h3-4,7,10,13,16H,5-6,8H2,1-2H3,(H,17,18);1H. The first kappa shape index (κ1) is 16.7. The van der Waals surface area contributed by atoms with Crippen molar-refractivity contribution in [2.24, 2.45) is 5.92 Å². The minimum atomic E-state index is 0. The molecule has 106 valence electrons. The van der Waals surface area contributed by atoms with Crippen LogP contribution in [0.1, 0.15) is 29.3 Å². The van der Waals surface area contributed by atoms with Crippen LogP contribution in [0.2, 0.25) is 0 Å². The molecule has 2 unspecified atom stereocenters. The van der Waals surface area contributed by atoms with Gasteiger partial charge in [-0.2, -0.15) is 0 Å². The lowest BCUT2D eigenvalue weighted by Gasteiger charge is -2.30. The highest BCUT2D eigenvalue weighted by Crippen LogP contribution is 2.15. The third kappa shape index (κ3) is 4.33. The molecule has 1 saturated heterocycles. The monoisotopic (exact) mass is 394 g/mol. The van der Waals surface area contributed by atoms with E-state index in [0.29, 0.717) is 5.92 Å². The molecule has 0 bridgehead atoms. The van der Waals surface area contributed by atoms with Crippen LogP contribution in [0, 0.1) is 16.4 Å². The summed E-state index contributed by atoms with van der Waals surface area (Å²) in [5, 5.41) is 6.49. The fourth-order valence-corrected chi connectivity index (χ4v) is 2.73. The Morgan fingerprint density at radius 2 is 2.21 bits per heavy atom. The van der Waals surface area contributed by atoms with Crippen LogP contribution in [-0.4, -0.2) is 25.0 Å². The second-order valence-corrected chi connectivity index (χ2v) is 6.18. The molecule has 19 heavy (non-hydrogen) atoms. The summed E-state index contributed by atoms with van der Waals surface area (Å²) < 4.78 is 1.14. The van der Waals surface area contributed by atoms with Crippen molar-refractivity contribution < 1.29 is 4.79 Å². The number of amides is 1. The number of piperidine rings is 1. The van der Waals surface area contributed by atoms with Gasteiger partial charge in [0.05, 0.1) is 0 Å². The molecule has 1 aliphatic rings. The zero-order valence-electron chi connectivity index (χ0n) is 11.2. The van der Waals surface area contributed by atoms with Crippen molar-refractivity contribution in [3.05, 3.63) is 32.9 Å². The van der Waals surface area contributed by atoms with E-state index in [1.807, 2.05) is 18.2 Å². The van der Waals surface area contributed by atoms with Gasteiger partial charge in [-0.15, -0.1) is 12.4 Å². The van der Waals surface area contributed by atoms with Gasteiger partial charge in [0.25, 0.3) is 5.91 Å². The third-order valence-electron chi connectivity index (χ3n) is 3.54. The molecule has 1 heterocycles. The van der Waals surface area contributed by atoms with Gasteiger partial charge in [0.2, 0.25) is 0 Å². The number of halogens is 2. The lowest BCUT2D eigenvalue weighted by Crippen LogP contribution is -2.48. The summed E-state index contributed by atoms with van der Waals surface area (Å²) in [5.41, 5.74) is 1.97. The highest BCUT2D eigenvalue weighted by atomic mass is 127. The molecule has 0 aromatic heterocycles. The highest BCUT2D eigenvalue weighted by Gasteiger charge is 2.23. The van der Waals surface area contributed by atoms with Gasteiger partial charge in [-0.3, -0.25) is 4.79 Å². The molecule has 1 fully saturated rings. The van der Waals surface area contributed by atoms with Crippen LogP contribution in [0.5, 0.6) is 0 Å². The number of rotatable bonds is 2. The molecule has 1 amide bonds. The molecule has 1 aliphatic heterocycles. The van der Waals surface area contributed by atoms with E-state index in [-0.39, 0.29) is 24.4 Å². The number of benzene rings is 1. The van der Waals surface area contributed by atoms with Crippen LogP contribution in [0.15, 0.2) is 18.2 Å². The van der Waals surface area contributed by atoms with Gasteiger partial charge in [0, 0.05) is 15.2 Å². The minimum Gasteiger partial charge on any atom is -0.349 e. The molecule has 0 aliphatic carbocycles. The second kappa shape index (κ2) is 7.45. The lowest BCUT2D eigenvalue weighted by atomic mass is 9.95. The van der Waals surface area contributed by atoms with Crippen LogP contribution in [0.4, 0.5) is 0 Å². The summed E-state index contributed by atoms with van der Waals surface area (Å²) in [6, 6.07) is 6.15. The van der Waals surface area contributed by atoms with E-state index in [0.717, 1.165) is 28.6 Å².